The van der Waals surface area contributed by atoms with Gasteiger partial charge in [0.2, 0.25) is 5.91 Å². The fourth-order valence-electron chi connectivity index (χ4n) is 2.69. The molecule has 2 aromatic carbocycles. The van der Waals surface area contributed by atoms with Gasteiger partial charge >= 0.3 is 0 Å². The number of nitrogens with two attached hydrogens (primary N) is 1. The third-order valence-corrected chi connectivity index (χ3v) is 5.28. The van der Waals surface area contributed by atoms with Crippen LogP contribution < -0.4 is 15.8 Å². The molecule has 0 unspecified atom stereocenters. The van der Waals surface area contributed by atoms with E-state index in [1.54, 1.807) is 30.3 Å². The predicted molar refractivity (Wildman–Crippen MR) is 103 cm³/mol. The van der Waals surface area contributed by atoms with Crippen molar-refractivity contribution in [2.45, 2.75) is 26.5 Å². The maximum atomic E-state index is 13.7. The molecule has 27 heavy (non-hydrogen) atoms. The van der Waals surface area contributed by atoms with Gasteiger partial charge in [-0.3, -0.25) is 9.59 Å². The number of primary amides is 1. The van der Waals surface area contributed by atoms with Crippen molar-refractivity contribution in [3.63, 3.8) is 0 Å². The first-order chi connectivity index (χ1) is 12.9. The average molecular weight is 386 g/mol. The predicted octanol–water partition coefficient (Wildman–Crippen LogP) is 3.53. The Balaban J connectivity index is 1.87. The second kappa shape index (κ2) is 7.75. The van der Waals surface area contributed by atoms with Gasteiger partial charge in [0.15, 0.2) is 0 Å². The van der Waals surface area contributed by atoms with Gasteiger partial charge in [-0.15, -0.1) is 11.3 Å². The number of amides is 2. The highest BCUT2D eigenvalue weighted by Gasteiger charge is 2.20. The van der Waals surface area contributed by atoms with Crippen molar-refractivity contribution in [3.8, 4) is 5.75 Å². The maximum absolute atomic E-state index is 13.7. The molecule has 140 valence electrons. The summed E-state index contributed by atoms with van der Waals surface area (Å²) >= 11 is 1.48. The molecule has 1 atom stereocenters. The van der Waals surface area contributed by atoms with Crippen LogP contribution >= 0.6 is 11.3 Å². The molecule has 3 aromatic rings. The van der Waals surface area contributed by atoms with Crippen LogP contribution in [0.3, 0.4) is 0 Å². The number of nitrogens with one attached hydrogen (secondary N) is 1. The molecule has 0 aliphatic carbocycles. The van der Waals surface area contributed by atoms with E-state index in [1.807, 2.05) is 13.0 Å². The van der Waals surface area contributed by atoms with Crippen molar-refractivity contribution in [2.75, 3.05) is 0 Å². The second-order valence-corrected chi connectivity index (χ2v) is 7.43. The van der Waals surface area contributed by atoms with Crippen molar-refractivity contribution in [3.05, 3.63) is 64.3 Å². The number of carbonyl (C=O) groups is 2. The summed E-state index contributed by atoms with van der Waals surface area (Å²) in [4.78, 5) is 24.6. The van der Waals surface area contributed by atoms with Gasteiger partial charge < -0.3 is 15.8 Å². The van der Waals surface area contributed by atoms with Crippen LogP contribution in [-0.2, 0) is 11.4 Å². The number of hydrogen-bond donors (Lipinski definition) is 2. The molecule has 1 heterocycles. The summed E-state index contributed by atoms with van der Waals surface area (Å²) < 4.78 is 20.4. The van der Waals surface area contributed by atoms with Crippen LogP contribution in [0.2, 0.25) is 0 Å². The van der Waals surface area contributed by atoms with E-state index < -0.39 is 11.9 Å². The molecule has 7 heteroatoms. The van der Waals surface area contributed by atoms with E-state index in [4.69, 9.17) is 10.5 Å². The van der Waals surface area contributed by atoms with E-state index in [0.717, 1.165) is 15.0 Å². The zero-order chi connectivity index (χ0) is 19.6. The molecule has 2 amide bonds. The van der Waals surface area contributed by atoms with Crippen LogP contribution in [0.15, 0.2) is 42.5 Å². The van der Waals surface area contributed by atoms with Crippen LogP contribution in [0, 0.1) is 12.7 Å². The van der Waals surface area contributed by atoms with Crippen molar-refractivity contribution in [1.82, 2.24) is 5.32 Å². The molecule has 0 fully saturated rings. The van der Waals surface area contributed by atoms with Gasteiger partial charge in [0.1, 0.15) is 24.2 Å². The Bertz CT molecular complexity index is 1020. The molecule has 0 radical (unpaired) electrons. The molecule has 0 aliphatic rings. The molecule has 5 nitrogen and oxygen atoms in total. The van der Waals surface area contributed by atoms with Crippen LogP contribution in [0.25, 0.3) is 10.1 Å². The normalized spacial score (nSPS) is 12.0. The Morgan fingerprint density at radius 3 is 2.70 bits per heavy atom. The third kappa shape index (κ3) is 4.09. The first kappa shape index (κ1) is 18.8. The summed E-state index contributed by atoms with van der Waals surface area (Å²) in [5, 5.41) is 3.32. The van der Waals surface area contributed by atoms with Crippen molar-refractivity contribution in [2.24, 2.45) is 5.73 Å². The lowest BCUT2D eigenvalue weighted by Crippen LogP contribution is -2.42. The van der Waals surface area contributed by atoms with Gasteiger partial charge in [0, 0.05) is 20.5 Å². The fraction of sp³-hybridized carbons (Fsp3) is 0.200. The van der Waals surface area contributed by atoms with Gasteiger partial charge in [0.25, 0.3) is 5.91 Å². The smallest absolute Gasteiger partial charge is 0.253 e. The Morgan fingerprint density at radius 2 is 2.00 bits per heavy atom. The van der Waals surface area contributed by atoms with Crippen molar-refractivity contribution < 1.29 is 18.7 Å². The van der Waals surface area contributed by atoms with Gasteiger partial charge in [-0.2, -0.15) is 0 Å². The summed E-state index contributed by atoms with van der Waals surface area (Å²) in [6.07, 6.45) is 0. The molecular weight excluding hydrogens is 367 g/mol. The molecule has 0 saturated heterocycles. The summed E-state index contributed by atoms with van der Waals surface area (Å²) in [6.45, 7) is 3.46. The SMILES string of the molecule is Cc1sc2ccc(OCc3ccccc3F)cc2c1C(=O)N[C@@H](C)C(N)=O. The van der Waals surface area contributed by atoms with Gasteiger partial charge in [-0.25, -0.2) is 4.39 Å². The molecular formula is C20H19FN2O3S. The fourth-order valence-corrected chi connectivity index (χ4v) is 3.73. The molecule has 3 N–H and O–H groups in total. The topological polar surface area (TPSA) is 81.4 Å². The standard InChI is InChI=1S/C20H19FN2O3S/c1-11(19(22)24)23-20(25)18-12(2)27-17-8-7-14(9-15(17)18)26-10-13-5-3-4-6-16(13)21/h3-9,11H,10H2,1-2H3,(H2,22,24)(H,23,25)/t11-/m0/s1. The largest absolute Gasteiger partial charge is 0.489 e. The summed E-state index contributed by atoms with van der Waals surface area (Å²) in [5.74, 6) is -0.767. The number of ether oxygens (including phenoxy) is 1. The van der Waals surface area contributed by atoms with E-state index in [2.05, 4.69) is 5.32 Å². The second-order valence-electron chi connectivity index (χ2n) is 6.17. The van der Waals surface area contributed by atoms with Crippen molar-refractivity contribution >= 4 is 33.2 Å². The lowest BCUT2D eigenvalue weighted by molar-refractivity contribution is -0.119. The number of thiophene rings is 1. The van der Waals surface area contributed by atoms with Crippen LogP contribution in [0.5, 0.6) is 5.75 Å². The Labute approximate surface area is 159 Å². The van der Waals surface area contributed by atoms with Crippen molar-refractivity contribution in [1.29, 1.82) is 0 Å². The number of rotatable bonds is 6. The first-order valence-corrected chi connectivity index (χ1v) is 9.18. The molecule has 0 bridgehead atoms. The highest BCUT2D eigenvalue weighted by atomic mass is 32.1. The first-order valence-electron chi connectivity index (χ1n) is 8.36. The van der Waals surface area contributed by atoms with Gasteiger partial charge in [0.05, 0.1) is 5.56 Å². The number of carbonyl (C=O) groups excluding carboxylic acids is 2. The summed E-state index contributed by atoms with van der Waals surface area (Å²) in [7, 11) is 0. The zero-order valence-corrected chi connectivity index (χ0v) is 15.7. The number of aryl methyl sites for hydroxylation is 1. The molecule has 3 rings (SSSR count). The number of halogens is 1. The number of hydrogen-bond acceptors (Lipinski definition) is 4. The lowest BCUT2D eigenvalue weighted by atomic mass is 10.1. The third-order valence-electron chi connectivity index (χ3n) is 4.19. The van der Waals surface area contributed by atoms with Crippen LogP contribution in [0.1, 0.15) is 27.7 Å². The van der Waals surface area contributed by atoms with E-state index >= 15 is 0 Å². The van der Waals surface area contributed by atoms with Gasteiger partial charge in [-0.05, 0) is 38.1 Å². The van der Waals surface area contributed by atoms with Crippen LogP contribution in [0.4, 0.5) is 4.39 Å². The van der Waals surface area contributed by atoms with Crippen LogP contribution in [-0.4, -0.2) is 17.9 Å². The number of benzene rings is 2. The van der Waals surface area contributed by atoms with E-state index in [1.165, 1.54) is 24.3 Å². The lowest BCUT2D eigenvalue weighted by Gasteiger charge is -2.11. The van der Waals surface area contributed by atoms with E-state index in [0.29, 0.717) is 16.9 Å². The minimum absolute atomic E-state index is 0.0849. The van der Waals surface area contributed by atoms with Gasteiger partial charge in [-0.1, -0.05) is 18.2 Å². The monoisotopic (exact) mass is 386 g/mol. The zero-order valence-electron chi connectivity index (χ0n) is 14.9. The molecule has 0 aliphatic heterocycles. The minimum atomic E-state index is -0.771. The highest BCUT2D eigenvalue weighted by Crippen LogP contribution is 2.33. The highest BCUT2D eigenvalue weighted by molar-refractivity contribution is 7.19. The Kier molecular flexibility index (Phi) is 5.41. The molecule has 1 aromatic heterocycles. The minimum Gasteiger partial charge on any atom is -0.489 e. The van der Waals surface area contributed by atoms with E-state index in [9.17, 15) is 14.0 Å². The molecule has 0 saturated carbocycles. The Morgan fingerprint density at radius 1 is 1.26 bits per heavy atom. The Hall–Kier alpha value is -2.93. The maximum Gasteiger partial charge on any atom is 0.253 e. The summed E-state index contributed by atoms with van der Waals surface area (Å²) in [6, 6.07) is 11.0. The number of fused-ring (bicyclic) bond motifs is 1. The quantitative estimate of drug-likeness (QED) is 0.680. The van der Waals surface area contributed by atoms with E-state index in [-0.39, 0.29) is 18.3 Å². The summed E-state index contributed by atoms with van der Waals surface area (Å²) in [5.41, 5.74) is 6.15. The molecule has 0 spiro atoms. The average Bonchev–Trinajstić information content (AvgIpc) is 2.96.